The number of nitrogens with two attached hydrogens (primary N) is 1. The van der Waals surface area contributed by atoms with Crippen molar-refractivity contribution in [2.45, 2.75) is 20.3 Å². The molecular weight excluding hydrogens is 230 g/mol. The summed E-state index contributed by atoms with van der Waals surface area (Å²) >= 11 is 0. The molecule has 1 atom stereocenters. The number of methoxy groups -OCH3 is 1. The Bertz CT molecular complexity index is 406. The lowest BCUT2D eigenvalue weighted by molar-refractivity contribution is -0.153. The van der Waals surface area contributed by atoms with Crippen LogP contribution in [0.4, 0.5) is 0 Å². The first-order chi connectivity index (χ1) is 8.55. The van der Waals surface area contributed by atoms with Gasteiger partial charge in [0, 0.05) is 6.54 Å². The van der Waals surface area contributed by atoms with Gasteiger partial charge in [0.05, 0.1) is 19.1 Å². The smallest absolute Gasteiger partial charge is 0.313 e. The molecule has 100 valence electrons. The third-order valence-corrected chi connectivity index (χ3v) is 2.95. The van der Waals surface area contributed by atoms with E-state index in [4.69, 9.17) is 15.2 Å². The van der Waals surface area contributed by atoms with Crippen LogP contribution in [0.15, 0.2) is 24.3 Å². The van der Waals surface area contributed by atoms with Crippen molar-refractivity contribution in [1.29, 1.82) is 0 Å². The van der Waals surface area contributed by atoms with Crippen LogP contribution in [0.3, 0.4) is 0 Å². The molecule has 0 aromatic heterocycles. The van der Waals surface area contributed by atoms with Crippen molar-refractivity contribution < 1.29 is 14.3 Å². The van der Waals surface area contributed by atoms with Gasteiger partial charge in [-0.3, -0.25) is 4.79 Å². The van der Waals surface area contributed by atoms with E-state index in [9.17, 15) is 4.79 Å². The Balaban J connectivity index is 2.87. The number of benzene rings is 1. The second kappa shape index (κ2) is 6.40. The first kappa shape index (κ1) is 14.5. The third kappa shape index (κ3) is 3.47. The lowest BCUT2D eigenvalue weighted by atomic mass is 9.83. The number of hydrogen-bond acceptors (Lipinski definition) is 4. The van der Waals surface area contributed by atoms with E-state index < -0.39 is 5.41 Å². The number of carbonyl (C=O) groups excluding carboxylic acids is 1. The molecule has 0 heterocycles. The summed E-state index contributed by atoms with van der Waals surface area (Å²) in [6.45, 7) is 4.24. The molecule has 0 aliphatic heterocycles. The molecule has 0 aliphatic rings. The van der Waals surface area contributed by atoms with Gasteiger partial charge in [0.15, 0.2) is 0 Å². The Kier molecular flexibility index (Phi) is 5.16. The van der Waals surface area contributed by atoms with Crippen molar-refractivity contribution in [2.24, 2.45) is 11.1 Å². The highest BCUT2D eigenvalue weighted by Gasteiger charge is 2.33. The minimum absolute atomic E-state index is 0.253. The highest BCUT2D eigenvalue weighted by Crippen LogP contribution is 2.25. The predicted octanol–water partition coefficient (Wildman–Crippen LogP) is 1.77. The summed E-state index contributed by atoms with van der Waals surface area (Å²) in [4.78, 5) is 11.9. The van der Waals surface area contributed by atoms with Gasteiger partial charge in [-0.25, -0.2) is 0 Å². The van der Waals surface area contributed by atoms with Crippen molar-refractivity contribution >= 4 is 5.97 Å². The number of esters is 1. The number of ether oxygens (including phenoxy) is 2. The van der Waals surface area contributed by atoms with E-state index >= 15 is 0 Å². The Hall–Kier alpha value is -1.55. The highest BCUT2D eigenvalue weighted by atomic mass is 16.5. The van der Waals surface area contributed by atoms with E-state index in [0.717, 1.165) is 11.3 Å². The molecule has 0 saturated heterocycles. The zero-order valence-corrected chi connectivity index (χ0v) is 11.2. The summed E-state index contributed by atoms with van der Waals surface area (Å²) in [5, 5.41) is 0. The molecule has 0 bridgehead atoms. The van der Waals surface area contributed by atoms with Crippen molar-refractivity contribution in [3.8, 4) is 5.75 Å². The van der Waals surface area contributed by atoms with Gasteiger partial charge in [0.1, 0.15) is 5.75 Å². The maximum atomic E-state index is 11.9. The lowest BCUT2D eigenvalue weighted by Gasteiger charge is -2.25. The summed E-state index contributed by atoms with van der Waals surface area (Å²) in [6.07, 6.45) is 0.541. The Morgan fingerprint density at radius 2 is 2.17 bits per heavy atom. The van der Waals surface area contributed by atoms with Gasteiger partial charge in [-0.1, -0.05) is 12.1 Å². The SMILES string of the molecule is CCOC(=O)C(C)(CN)Cc1cccc(OC)c1. The summed E-state index contributed by atoms with van der Waals surface area (Å²) in [6, 6.07) is 7.63. The summed E-state index contributed by atoms with van der Waals surface area (Å²) in [5.41, 5.74) is 6.04. The molecule has 0 amide bonds. The van der Waals surface area contributed by atoms with Crippen LogP contribution in [0.25, 0.3) is 0 Å². The molecule has 0 spiro atoms. The van der Waals surface area contributed by atoms with Crippen molar-refractivity contribution in [3.63, 3.8) is 0 Å². The Morgan fingerprint density at radius 1 is 1.44 bits per heavy atom. The van der Waals surface area contributed by atoms with Gasteiger partial charge in [-0.2, -0.15) is 0 Å². The molecule has 0 saturated carbocycles. The number of carbonyl (C=O) groups is 1. The zero-order valence-electron chi connectivity index (χ0n) is 11.2. The van der Waals surface area contributed by atoms with Crippen LogP contribution in [0, 0.1) is 5.41 Å². The fraction of sp³-hybridized carbons (Fsp3) is 0.500. The quantitative estimate of drug-likeness (QED) is 0.783. The van der Waals surface area contributed by atoms with E-state index in [0.29, 0.717) is 13.0 Å². The van der Waals surface area contributed by atoms with Gasteiger partial charge in [-0.15, -0.1) is 0 Å². The van der Waals surface area contributed by atoms with Crippen LogP contribution >= 0.6 is 0 Å². The average Bonchev–Trinajstić information content (AvgIpc) is 2.39. The fourth-order valence-corrected chi connectivity index (χ4v) is 1.77. The first-order valence-electron chi connectivity index (χ1n) is 6.06. The van der Waals surface area contributed by atoms with Gasteiger partial charge in [0.2, 0.25) is 0 Å². The summed E-state index contributed by atoms with van der Waals surface area (Å²) in [5.74, 6) is 0.519. The second-order valence-electron chi connectivity index (χ2n) is 4.51. The molecular formula is C14H21NO3. The monoisotopic (exact) mass is 251 g/mol. The highest BCUT2D eigenvalue weighted by molar-refractivity contribution is 5.77. The van der Waals surface area contributed by atoms with Crippen LogP contribution in [0.2, 0.25) is 0 Å². The van der Waals surface area contributed by atoms with Gasteiger partial charge in [-0.05, 0) is 38.0 Å². The molecule has 0 aliphatic carbocycles. The van der Waals surface area contributed by atoms with E-state index in [2.05, 4.69) is 0 Å². The molecule has 1 unspecified atom stereocenters. The van der Waals surface area contributed by atoms with E-state index in [-0.39, 0.29) is 12.5 Å². The minimum Gasteiger partial charge on any atom is -0.497 e. The molecule has 18 heavy (non-hydrogen) atoms. The van der Waals surface area contributed by atoms with Crippen LogP contribution in [-0.4, -0.2) is 26.2 Å². The minimum atomic E-state index is -0.692. The fourth-order valence-electron chi connectivity index (χ4n) is 1.77. The molecule has 0 fully saturated rings. The number of hydrogen-bond donors (Lipinski definition) is 1. The third-order valence-electron chi connectivity index (χ3n) is 2.95. The van der Waals surface area contributed by atoms with E-state index in [1.165, 1.54) is 0 Å². The van der Waals surface area contributed by atoms with E-state index in [1.807, 2.05) is 31.2 Å². The van der Waals surface area contributed by atoms with Crippen LogP contribution in [-0.2, 0) is 16.0 Å². The predicted molar refractivity (Wildman–Crippen MR) is 70.5 cm³/mol. The second-order valence-corrected chi connectivity index (χ2v) is 4.51. The van der Waals surface area contributed by atoms with Crippen molar-refractivity contribution in [1.82, 2.24) is 0 Å². The topological polar surface area (TPSA) is 61.5 Å². The van der Waals surface area contributed by atoms with Crippen LogP contribution < -0.4 is 10.5 Å². The van der Waals surface area contributed by atoms with Crippen LogP contribution in [0.1, 0.15) is 19.4 Å². The van der Waals surface area contributed by atoms with Gasteiger partial charge < -0.3 is 15.2 Å². The van der Waals surface area contributed by atoms with Crippen molar-refractivity contribution in [3.05, 3.63) is 29.8 Å². The molecule has 4 nitrogen and oxygen atoms in total. The Labute approximate surface area is 108 Å². The largest absolute Gasteiger partial charge is 0.497 e. The Morgan fingerprint density at radius 3 is 2.72 bits per heavy atom. The zero-order chi connectivity index (χ0) is 13.6. The lowest BCUT2D eigenvalue weighted by Crippen LogP contribution is -2.39. The average molecular weight is 251 g/mol. The maximum Gasteiger partial charge on any atom is 0.313 e. The molecule has 1 aromatic carbocycles. The molecule has 2 N–H and O–H groups in total. The first-order valence-corrected chi connectivity index (χ1v) is 6.06. The molecule has 4 heteroatoms. The number of rotatable bonds is 6. The molecule has 0 radical (unpaired) electrons. The van der Waals surface area contributed by atoms with Crippen LogP contribution in [0.5, 0.6) is 5.75 Å². The van der Waals surface area contributed by atoms with Crippen molar-refractivity contribution in [2.75, 3.05) is 20.3 Å². The molecule has 1 aromatic rings. The maximum absolute atomic E-state index is 11.9. The summed E-state index contributed by atoms with van der Waals surface area (Å²) in [7, 11) is 1.62. The molecule has 1 rings (SSSR count). The van der Waals surface area contributed by atoms with Gasteiger partial charge in [0.25, 0.3) is 0 Å². The summed E-state index contributed by atoms with van der Waals surface area (Å²) < 4.78 is 10.2. The van der Waals surface area contributed by atoms with E-state index in [1.54, 1.807) is 14.0 Å². The standard InChI is InChI=1S/C14H21NO3/c1-4-18-13(16)14(2,10-15)9-11-6-5-7-12(8-11)17-3/h5-8H,4,9-10,15H2,1-3H3. The van der Waals surface area contributed by atoms with Gasteiger partial charge >= 0.3 is 5.97 Å². The normalized spacial score (nSPS) is 13.8.